The second-order valence-electron chi connectivity index (χ2n) is 19.4. The standard InChI is InChI=1S/C50H61F4N9O8/c1-29-25-35(42(65)55-28-40(64)63-23-21-37(22-24-63)62(5)6)17-20-38(29)32-11-7-30(8-12-32)26-39(58-43(66)34-13-9-31(10-14-34)27-56-47(70)71-48(2,3)4)44(67)57-36-18-15-33(16-19-36)41-59-45(61-60-41)49(51,52)50(53,54)46(68)69/h7-8,11-12,15-20,25,31,34,37,39H,9-10,13-14,21-24,26-28H2,1-6H3,(H,55,65)(H,56,70)(H,57,67)(H,58,66)(H,68,69)(H,59,60,61)/t31-,34-,39-/m0/s1. The van der Waals surface area contributed by atoms with Crippen LogP contribution in [0.15, 0.2) is 66.7 Å². The van der Waals surface area contributed by atoms with Crippen molar-refractivity contribution in [2.75, 3.05) is 45.6 Å². The molecule has 0 radical (unpaired) electrons. The average Bonchev–Trinajstić information content (AvgIpc) is 3.84. The largest absolute Gasteiger partial charge is 0.477 e. The Bertz CT molecular complexity index is 2550. The summed E-state index contributed by atoms with van der Waals surface area (Å²) in [6.07, 6.45) is 3.68. The number of hydrogen-bond acceptors (Lipinski definition) is 10. The maximum absolute atomic E-state index is 14.4. The zero-order valence-electron chi connectivity index (χ0n) is 40.5. The number of alkyl carbamates (subject to hydrolysis) is 1. The molecule has 2 fully saturated rings. The molecule has 1 saturated heterocycles. The predicted molar refractivity (Wildman–Crippen MR) is 254 cm³/mol. The van der Waals surface area contributed by atoms with Gasteiger partial charge in [0.15, 0.2) is 5.82 Å². The molecule has 382 valence electrons. The Morgan fingerprint density at radius 3 is 2.07 bits per heavy atom. The summed E-state index contributed by atoms with van der Waals surface area (Å²) in [5.74, 6) is -17.4. The maximum Gasteiger partial charge on any atom is 0.411 e. The first-order chi connectivity index (χ1) is 33.4. The third-order valence-electron chi connectivity index (χ3n) is 12.8. The van der Waals surface area contributed by atoms with E-state index in [4.69, 9.17) is 9.84 Å². The van der Waals surface area contributed by atoms with Gasteiger partial charge in [0.05, 0.1) is 6.54 Å². The van der Waals surface area contributed by atoms with Gasteiger partial charge in [-0.05, 0) is 145 Å². The number of nitrogens with zero attached hydrogens (tertiary/aromatic N) is 4. The summed E-state index contributed by atoms with van der Waals surface area (Å²) in [4.78, 5) is 82.7. The number of aromatic nitrogens is 3. The monoisotopic (exact) mass is 991 g/mol. The van der Waals surface area contributed by atoms with Crippen molar-refractivity contribution in [3.8, 4) is 22.5 Å². The molecule has 3 aromatic carbocycles. The molecule has 71 heavy (non-hydrogen) atoms. The first kappa shape index (κ1) is 53.5. The fourth-order valence-corrected chi connectivity index (χ4v) is 8.61. The van der Waals surface area contributed by atoms with E-state index in [0.717, 1.165) is 29.5 Å². The van der Waals surface area contributed by atoms with Crippen molar-refractivity contribution in [2.45, 2.75) is 102 Å². The number of carboxylic acid groups (broad SMARTS) is 1. The number of carboxylic acids is 1. The normalized spacial score (nSPS) is 17.3. The van der Waals surface area contributed by atoms with E-state index in [9.17, 15) is 46.3 Å². The highest BCUT2D eigenvalue weighted by Gasteiger charge is 2.65. The van der Waals surface area contributed by atoms with Gasteiger partial charge >= 0.3 is 23.9 Å². The highest BCUT2D eigenvalue weighted by atomic mass is 19.3. The highest BCUT2D eigenvalue weighted by molar-refractivity contribution is 5.98. The lowest BCUT2D eigenvalue weighted by atomic mass is 9.81. The predicted octanol–water partition coefficient (Wildman–Crippen LogP) is 6.54. The van der Waals surface area contributed by atoms with E-state index in [1.165, 1.54) is 24.3 Å². The highest BCUT2D eigenvalue weighted by Crippen LogP contribution is 2.42. The van der Waals surface area contributed by atoms with Gasteiger partial charge in [0.25, 0.3) is 5.91 Å². The number of likely N-dealkylation sites (tertiary alicyclic amines) is 1. The molecule has 1 aliphatic heterocycles. The summed E-state index contributed by atoms with van der Waals surface area (Å²) in [6, 6.07) is 17.5. The molecular weight excluding hydrogens is 931 g/mol. The van der Waals surface area contributed by atoms with Crippen LogP contribution in [0.25, 0.3) is 22.5 Å². The molecule has 0 bridgehead atoms. The zero-order chi connectivity index (χ0) is 51.8. The van der Waals surface area contributed by atoms with E-state index >= 15 is 0 Å². The van der Waals surface area contributed by atoms with E-state index in [1.807, 2.05) is 56.3 Å². The lowest BCUT2D eigenvalue weighted by Crippen LogP contribution is -2.48. The van der Waals surface area contributed by atoms with Crippen LogP contribution in [0.4, 0.5) is 28.0 Å². The molecule has 17 nitrogen and oxygen atoms in total. The quantitative estimate of drug-likeness (QED) is 0.0623. The van der Waals surface area contributed by atoms with Gasteiger partial charge in [-0.15, -0.1) is 10.2 Å². The van der Waals surface area contributed by atoms with Crippen molar-refractivity contribution >= 4 is 41.4 Å². The van der Waals surface area contributed by atoms with E-state index in [1.54, 1.807) is 37.8 Å². The minimum atomic E-state index is -5.47. The van der Waals surface area contributed by atoms with E-state index in [-0.39, 0.29) is 53.7 Å². The number of aliphatic carboxylic acids is 1. The van der Waals surface area contributed by atoms with Gasteiger partial charge < -0.3 is 45.9 Å². The number of anilines is 1. The summed E-state index contributed by atoms with van der Waals surface area (Å²) in [6.45, 7) is 8.78. The number of H-pyrrole nitrogens is 1. The van der Waals surface area contributed by atoms with Crippen molar-refractivity contribution in [3.05, 3.63) is 89.2 Å². The number of amides is 5. The Morgan fingerprint density at radius 2 is 1.48 bits per heavy atom. The van der Waals surface area contributed by atoms with Crippen LogP contribution in [0.1, 0.15) is 86.6 Å². The minimum absolute atomic E-state index is 0.0750. The second kappa shape index (κ2) is 22.5. The number of carbonyl (C=O) groups is 6. The summed E-state index contributed by atoms with van der Waals surface area (Å²) in [7, 11) is 4.06. The first-order valence-electron chi connectivity index (χ1n) is 23.4. The van der Waals surface area contributed by atoms with Gasteiger partial charge in [0.1, 0.15) is 11.6 Å². The van der Waals surface area contributed by atoms with Crippen LogP contribution in [-0.2, 0) is 36.3 Å². The molecular formula is C50H61F4N9O8. The van der Waals surface area contributed by atoms with Gasteiger partial charge in [-0.3, -0.25) is 19.2 Å². The Hall–Kier alpha value is -6.90. The molecule has 1 aliphatic carbocycles. The molecule has 1 aromatic heterocycles. The molecule has 2 heterocycles. The van der Waals surface area contributed by atoms with Gasteiger partial charge in [0, 0.05) is 54.8 Å². The molecule has 5 amide bonds. The molecule has 0 spiro atoms. The Balaban J connectivity index is 1.11. The van der Waals surface area contributed by atoms with E-state index < -0.39 is 53.2 Å². The molecule has 0 unspecified atom stereocenters. The molecule has 1 saturated carbocycles. The van der Waals surface area contributed by atoms with Crippen molar-refractivity contribution in [1.82, 2.24) is 40.9 Å². The van der Waals surface area contributed by atoms with E-state index in [0.29, 0.717) is 62.5 Å². The van der Waals surface area contributed by atoms with Crippen LogP contribution in [0.2, 0.25) is 0 Å². The SMILES string of the molecule is Cc1cc(C(=O)NCC(=O)N2CCC(N(C)C)CC2)ccc1-c1ccc(C[C@H](NC(=O)[C@H]2CC[C@H](CNC(=O)OC(C)(C)C)CC2)C(=O)Nc2ccc(-c3nnc(C(F)(F)C(F)(F)C(=O)O)[nH]3)cc2)cc1. The van der Waals surface area contributed by atoms with Gasteiger partial charge in [-0.2, -0.15) is 17.6 Å². The average molecular weight is 992 g/mol. The van der Waals surface area contributed by atoms with Gasteiger partial charge in [-0.25, -0.2) is 9.59 Å². The Morgan fingerprint density at radius 1 is 0.845 bits per heavy atom. The Kier molecular flexibility index (Phi) is 16.9. The van der Waals surface area contributed by atoms with Gasteiger partial charge in [0.2, 0.25) is 23.5 Å². The number of nitrogens with one attached hydrogen (secondary N) is 5. The third-order valence-corrected chi connectivity index (χ3v) is 12.8. The summed E-state index contributed by atoms with van der Waals surface area (Å²) < 4.78 is 61.6. The van der Waals surface area contributed by atoms with Crippen LogP contribution in [-0.4, -0.2) is 130 Å². The Labute approximate surface area is 408 Å². The van der Waals surface area contributed by atoms with Crippen LogP contribution in [0, 0.1) is 18.8 Å². The number of aryl methyl sites for hydroxylation is 1. The summed E-state index contributed by atoms with van der Waals surface area (Å²) >= 11 is 0. The lowest BCUT2D eigenvalue weighted by Gasteiger charge is -2.35. The van der Waals surface area contributed by atoms with Crippen molar-refractivity contribution in [2.24, 2.45) is 11.8 Å². The van der Waals surface area contributed by atoms with Crippen LogP contribution >= 0.6 is 0 Å². The summed E-state index contributed by atoms with van der Waals surface area (Å²) in [5, 5.41) is 26.4. The fraction of sp³-hybridized carbons (Fsp3) is 0.480. The van der Waals surface area contributed by atoms with Crippen LogP contribution in [0.3, 0.4) is 0 Å². The number of piperidine rings is 1. The number of alkyl halides is 4. The number of benzene rings is 3. The smallest absolute Gasteiger partial charge is 0.411 e. The molecule has 6 rings (SSSR count). The zero-order valence-corrected chi connectivity index (χ0v) is 40.5. The molecule has 1 atom stereocenters. The molecule has 2 aliphatic rings. The molecule has 21 heteroatoms. The van der Waals surface area contributed by atoms with Crippen molar-refractivity contribution in [1.29, 1.82) is 0 Å². The van der Waals surface area contributed by atoms with Crippen LogP contribution < -0.4 is 21.3 Å². The van der Waals surface area contributed by atoms with E-state index in [2.05, 4.69) is 36.4 Å². The second-order valence-corrected chi connectivity index (χ2v) is 19.4. The number of rotatable bonds is 17. The molecule has 6 N–H and O–H groups in total. The number of carbonyl (C=O) groups excluding carboxylic acids is 5. The summed E-state index contributed by atoms with van der Waals surface area (Å²) in [5.41, 5.74) is 3.30. The number of hydrogen-bond donors (Lipinski definition) is 6. The molecule has 4 aromatic rings. The van der Waals surface area contributed by atoms with Crippen LogP contribution in [0.5, 0.6) is 0 Å². The van der Waals surface area contributed by atoms with Gasteiger partial charge in [-0.1, -0.05) is 30.3 Å². The lowest BCUT2D eigenvalue weighted by molar-refractivity contribution is -0.231. The van der Waals surface area contributed by atoms with Crippen molar-refractivity contribution < 1.29 is 56.2 Å². The third kappa shape index (κ3) is 13.7. The number of halogens is 4. The topological polar surface area (TPSA) is 228 Å². The fourth-order valence-electron chi connectivity index (χ4n) is 8.61. The minimum Gasteiger partial charge on any atom is -0.477 e. The number of ether oxygens (including phenoxy) is 1. The van der Waals surface area contributed by atoms with Crippen molar-refractivity contribution in [3.63, 3.8) is 0 Å². The number of aromatic amines is 1. The maximum atomic E-state index is 14.4. The first-order valence-corrected chi connectivity index (χ1v) is 23.4.